The first-order valence-corrected chi connectivity index (χ1v) is 12.8. The molecule has 8 nitrogen and oxygen atoms in total. The Hall–Kier alpha value is -2.92. The number of aromatic nitrogens is 3. The van der Waals surface area contributed by atoms with Crippen LogP contribution in [0.3, 0.4) is 0 Å². The molecule has 0 aliphatic rings. The van der Waals surface area contributed by atoms with E-state index in [1.54, 1.807) is 29.5 Å². The SMILES string of the molecule is COCCNS(=O)(=O)c1cccc(C(C)Nc2cc(-c3ccc4ncsc4c3)nc(C)n2)c1. The second-order valence-corrected chi connectivity index (χ2v) is 10.2. The first kappa shape index (κ1) is 23.2. The molecule has 2 aromatic carbocycles. The van der Waals surface area contributed by atoms with E-state index >= 15 is 0 Å². The van der Waals surface area contributed by atoms with Gasteiger partial charge in [0.2, 0.25) is 10.0 Å². The zero-order chi connectivity index (χ0) is 23.4. The summed E-state index contributed by atoms with van der Waals surface area (Å²) in [6.45, 7) is 4.34. The normalized spacial score (nSPS) is 12.7. The van der Waals surface area contributed by atoms with Crippen molar-refractivity contribution >= 4 is 37.4 Å². The molecule has 0 aliphatic carbocycles. The van der Waals surface area contributed by atoms with Crippen LogP contribution in [0, 0.1) is 6.92 Å². The summed E-state index contributed by atoms with van der Waals surface area (Å²) in [4.78, 5) is 13.7. The summed E-state index contributed by atoms with van der Waals surface area (Å²) in [5.41, 5.74) is 5.42. The molecule has 172 valence electrons. The molecule has 2 aromatic heterocycles. The number of hydrogen-bond donors (Lipinski definition) is 2. The molecule has 2 heterocycles. The summed E-state index contributed by atoms with van der Waals surface area (Å²) < 4.78 is 33.7. The number of nitrogens with zero attached hydrogens (tertiary/aromatic N) is 3. The number of anilines is 1. The van der Waals surface area contributed by atoms with Crippen LogP contribution in [0.15, 0.2) is 58.9 Å². The van der Waals surface area contributed by atoms with Gasteiger partial charge in [-0.05, 0) is 43.7 Å². The lowest BCUT2D eigenvalue weighted by Gasteiger charge is -2.17. The Morgan fingerprint density at radius 3 is 2.79 bits per heavy atom. The van der Waals surface area contributed by atoms with Crippen LogP contribution < -0.4 is 10.0 Å². The third-order valence-corrected chi connectivity index (χ3v) is 7.35. The number of nitrogens with one attached hydrogen (secondary N) is 2. The Balaban J connectivity index is 1.56. The average Bonchev–Trinajstić information content (AvgIpc) is 3.27. The van der Waals surface area contributed by atoms with Gasteiger partial charge >= 0.3 is 0 Å². The van der Waals surface area contributed by atoms with E-state index in [2.05, 4.69) is 31.1 Å². The van der Waals surface area contributed by atoms with Crippen LogP contribution in [0.4, 0.5) is 5.82 Å². The van der Waals surface area contributed by atoms with Crippen molar-refractivity contribution in [3.63, 3.8) is 0 Å². The van der Waals surface area contributed by atoms with E-state index in [0.717, 1.165) is 27.0 Å². The average molecular weight is 484 g/mol. The van der Waals surface area contributed by atoms with Crippen LogP contribution >= 0.6 is 11.3 Å². The molecule has 0 radical (unpaired) electrons. The van der Waals surface area contributed by atoms with Gasteiger partial charge < -0.3 is 10.1 Å². The van der Waals surface area contributed by atoms with Crippen LogP contribution in [-0.4, -0.2) is 43.6 Å². The number of ether oxygens (including phenoxy) is 1. The molecule has 1 unspecified atom stereocenters. The summed E-state index contributed by atoms with van der Waals surface area (Å²) >= 11 is 1.59. The molecule has 33 heavy (non-hydrogen) atoms. The minimum Gasteiger partial charge on any atom is -0.383 e. The molecule has 2 N–H and O–H groups in total. The van der Waals surface area contributed by atoms with Crippen molar-refractivity contribution in [2.24, 2.45) is 0 Å². The number of sulfonamides is 1. The summed E-state index contributed by atoms with van der Waals surface area (Å²) in [6, 6.07) is 14.7. The molecule has 0 bridgehead atoms. The van der Waals surface area contributed by atoms with Crippen molar-refractivity contribution in [3.8, 4) is 11.3 Å². The van der Waals surface area contributed by atoms with Crippen molar-refractivity contribution in [1.29, 1.82) is 0 Å². The van der Waals surface area contributed by atoms with Gasteiger partial charge in [0.05, 0.1) is 32.9 Å². The second kappa shape index (κ2) is 9.92. The van der Waals surface area contributed by atoms with E-state index in [0.29, 0.717) is 18.2 Å². The second-order valence-electron chi connectivity index (χ2n) is 7.55. The summed E-state index contributed by atoms with van der Waals surface area (Å²) in [6.07, 6.45) is 0. The zero-order valence-electron chi connectivity index (χ0n) is 18.6. The number of fused-ring (bicyclic) bond motifs is 1. The monoisotopic (exact) mass is 483 g/mol. The molecule has 10 heteroatoms. The highest BCUT2D eigenvalue weighted by Gasteiger charge is 2.16. The van der Waals surface area contributed by atoms with Gasteiger partial charge in [0.1, 0.15) is 11.6 Å². The lowest BCUT2D eigenvalue weighted by atomic mass is 10.1. The van der Waals surface area contributed by atoms with Gasteiger partial charge in [-0.3, -0.25) is 0 Å². The fourth-order valence-electron chi connectivity index (χ4n) is 3.42. The first-order valence-electron chi connectivity index (χ1n) is 10.4. The fourth-order valence-corrected chi connectivity index (χ4v) is 5.21. The zero-order valence-corrected chi connectivity index (χ0v) is 20.2. The molecule has 0 saturated heterocycles. The van der Waals surface area contributed by atoms with E-state index in [9.17, 15) is 8.42 Å². The maximum absolute atomic E-state index is 12.5. The highest BCUT2D eigenvalue weighted by atomic mass is 32.2. The predicted octanol–water partition coefficient (Wildman–Crippen LogP) is 4.16. The number of rotatable bonds is 9. The molecule has 0 saturated carbocycles. The van der Waals surface area contributed by atoms with Crippen LogP contribution in [0.5, 0.6) is 0 Å². The van der Waals surface area contributed by atoms with E-state index < -0.39 is 10.0 Å². The van der Waals surface area contributed by atoms with Crippen molar-refractivity contribution in [1.82, 2.24) is 19.7 Å². The van der Waals surface area contributed by atoms with Gasteiger partial charge in [0, 0.05) is 31.3 Å². The van der Waals surface area contributed by atoms with Gasteiger partial charge in [-0.15, -0.1) is 11.3 Å². The van der Waals surface area contributed by atoms with Gasteiger partial charge in [0.25, 0.3) is 0 Å². The fraction of sp³-hybridized carbons (Fsp3) is 0.261. The molecule has 0 fully saturated rings. The van der Waals surface area contributed by atoms with E-state index in [-0.39, 0.29) is 17.5 Å². The van der Waals surface area contributed by atoms with Crippen LogP contribution in [0.25, 0.3) is 21.5 Å². The Bertz CT molecular complexity index is 1370. The maximum Gasteiger partial charge on any atom is 0.240 e. The van der Waals surface area contributed by atoms with E-state index in [4.69, 9.17) is 4.74 Å². The quantitative estimate of drug-likeness (QED) is 0.344. The minimum atomic E-state index is -3.61. The number of methoxy groups -OCH3 is 1. The lowest BCUT2D eigenvalue weighted by molar-refractivity contribution is 0.204. The Labute approximate surface area is 197 Å². The number of hydrogen-bond acceptors (Lipinski definition) is 8. The Kier molecular flexibility index (Phi) is 6.99. The lowest BCUT2D eigenvalue weighted by Crippen LogP contribution is -2.27. The van der Waals surface area contributed by atoms with Crippen molar-refractivity contribution in [3.05, 3.63) is 65.4 Å². The van der Waals surface area contributed by atoms with Crippen LogP contribution in [-0.2, 0) is 14.8 Å². The van der Waals surface area contributed by atoms with Gasteiger partial charge in [0.15, 0.2) is 0 Å². The first-order chi connectivity index (χ1) is 15.9. The van der Waals surface area contributed by atoms with Gasteiger partial charge in [-0.25, -0.2) is 28.1 Å². The molecule has 0 aliphatic heterocycles. The largest absolute Gasteiger partial charge is 0.383 e. The van der Waals surface area contributed by atoms with Crippen molar-refractivity contribution in [2.45, 2.75) is 24.8 Å². The molecule has 1 atom stereocenters. The van der Waals surface area contributed by atoms with Crippen molar-refractivity contribution < 1.29 is 13.2 Å². The Morgan fingerprint density at radius 2 is 1.97 bits per heavy atom. The third kappa shape index (κ3) is 5.53. The Morgan fingerprint density at radius 1 is 1.12 bits per heavy atom. The highest BCUT2D eigenvalue weighted by Crippen LogP contribution is 2.28. The molecule has 4 rings (SSSR count). The molecular formula is C23H25N5O3S2. The van der Waals surface area contributed by atoms with E-state index in [1.165, 1.54) is 7.11 Å². The van der Waals surface area contributed by atoms with Crippen molar-refractivity contribution in [2.75, 3.05) is 25.6 Å². The number of thiazole rings is 1. The predicted molar refractivity (Wildman–Crippen MR) is 131 cm³/mol. The van der Waals surface area contributed by atoms with Crippen LogP contribution in [0.2, 0.25) is 0 Å². The number of aryl methyl sites for hydroxylation is 1. The van der Waals surface area contributed by atoms with Crippen LogP contribution in [0.1, 0.15) is 24.4 Å². The highest BCUT2D eigenvalue weighted by molar-refractivity contribution is 7.89. The maximum atomic E-state index is 12.5. The standard InChI is InChI=1S/C23H25N5O3S2/c1-15(17-5-4-6-19(11-17)33(29,30)25-9-10-31-3)26-23-13-21(27-16(2)28-23)18-7-8-20-22(12-18)32-14-24-20/h4-8,11-15,25H,9-10H2,1-3H3,(H,26,27,28). The van der Waals surface area contributed by atoms with Gasteiger partial charge in [-0.1, -0.05) is 18.2 Å². The topological polar surface area (TPSA) is 106 Å². The van der Waals surface area contributed by atoms with E-state index in [1.807, 2.05) is 43.6 Å². The summed E-state index contributed by atoms with van der Waals surface area (Å²) in [5.74, 6) is 1.31. The number of benzene rings is 2. The summed E-state index contributed by atoms with van der Waals surface area (Å²) in [5, 5.41) is 3.38. The third-order valence-electron chi connectivity index (χ3n) is 5.10. The van der Waals surface area contributed by atoms with Gasteiger partial charge in [-0.2, -0.15) is 0 Å². The molecule has 0 spiro atoms. The molecule has 4 aromatic rings. The molecular weight excluding hydrogens is 458 g/mol. The summed E-state index contributed by atoms with van der Waals surface area (Å²) in [7, 11) is -2.08. The smallest absolute Gasteiger partial charge is 0.240 e. The molecule has 0 amide bonds. The minimum absolute atomic E-state index is 0.176.